The molecule has 0 unspecified atom stereocenters. The van der Waals surface area contributed by atoms with Gasteiger partial charge in [-0.1, -0.05) is 0 Å². The van der Waals surface area contributed by atoms with E-state index >= 15 is 0 Å². The van der Waals surface area contributed by atoms with Crippen LogP contribution in [0.15, 0.2) is 18.2 Å². The van der Waals surface area contributed by atoms with E-state index in [2.05, 4.69) is 0 Å². The van der Waals surface area contributed by atoms with Gasteiger partial charge in [0.1, 0.15) is 11.6 Å². The summed E-state index contributed by atoms with van der Waals surface area (Å²) in [7, 11) is 0. The molecule has 60 valence electrons. The van der Waals surface area contributed by atoms with Crippen LogP contribution in [0.4, 0.5) is 4.39 Å². The highest BCUT2D eigenvalue weighted by molar-refractivity contribution is 5.29. The van der Waals surface area contributed by atoms with E-state index in [0.29, 0.717) is 5.56 Å². The Morgan fingerprint density at radius 1 is 1.45 bits per heavy atom. The van der Waals surface area contributed by atoms with Crippen molar-refractivity contribution >= 4 is 0 Å². The highest BCUT2D eigenvalue weighted by Gasteiger charge is 2.02. The Balaban J connectivity index is 3.08. The summed E-state index contributed by atoms with van der Waals surface area (Å²) in [5.74, 6) is -0.547. The van der Waals surface area contributed by atoms with Gasteiger partial charge in [-0.25, -0.2) is 4.39 Å². The zero-order chi connectivity index (χ0) is 8.43. The van der Waals surface area contributed by atoms with Crippen molar-refractivity contribution in [2.75, 3.05) is 0 Å². The van der Waals surface area contributed by atoms with Gasteiger partial charge in [-0.2, -0.15) is 0 Å². The molecule has 0 fully saturated rings. The van der Waals surface area contributed by atoms with Crippen molar-refractivity contribution in [2.24, 2.45) is 5.73 Å². The number of aromatic hydroxyl groups is 1. The number of benzene rings is 1. The SMILES string of the molecule is C[C@H](N)c1cc(O)cc(F)c1. The molecule has 0 aliphatic rings. The summed E-state index contributed by atoms with van der Waals surface area (Å²) in [6.07, 6.45) is 0. The quantitative estimate of drug-likeness (QED) is 0.646. The van der Waals surface area contributed by atoms with Gasteiger partial charge in [0.25, 0.3) is 0 Å². The number of halogens is 1. The third-order valence-corrected chi connectivity index (χ3v) is 1.43. The van der Waals surface area contributed by atoms with Crippen molar-refractivity contribution in [3.05, 3.63) is 29.6 Å². The van der Waals surface area contributed by atoms with E-state index in [1.807, 2.05) is 0 Å². The van der Waals surface area contributed by atoms with Crippen LogP contribution in [-0.2, 0) is 0 Å². The largest absolute Gasteiger partial charge is 0.508 e. The molecule has 0 saturated heterocycles. The number of phenolic OH excluding ortho intramolecular Hbond substituents is 1. The molecule has 0 saturated carbocycles. The predicted octanol–water partition coefficient (Wildman–Crippen LogP) is 1.55. The van der Waals surface area contributed by atoms with E-state index in [1.54, 1.807) is 6.92 Å². The van der Waals surface area contributed by atoms with Gasteiger partial charge in [-0.3, -0.25) is 0 Å². The van der Waals surface area contributed by atoms with Crippen LogP contribution in [0.25, 0.3) is 0 Å². The van der Waals surface area contributed by atoms with Gasteiger partial charge < -0.3 is 10.8 Å². The summed E-state index contributed by atoms with van der Waals surface area (Å²) in [6, 6.07) is 3.56. The molecule has 1 aromatic rings. The molecule has 2 nitrogen and oxygen atoms in total. The van der Waals surface area contributed by atoms with Crippen molar-refractivity contribution in [1.82, 2.24) is 0 Å². The maximum Gasteiger partial charge on any atom is 0.127 e. The molecule has 1 aromatic carbocycles. The minimum atomic E-state index is -0.461. The first-order valence-electron chi connectivity index (χ1n) is 3.34. The summed E-state index contributed by atoms with van der Waals surface area (Å²) in [4.78, 5) is 0. The zero-order valence-corrected chi connectivity index (χ0v) is 6.21. The molecule has 1 rings (SSSR count). The van der Waals surface area contributed by atoms with E-state index in [9.17, 15) is 4.39 Å². The Morgan fingerprint density at radius 3 is 2.55 bits per heavy atom. The normalized spacial score (nSPS) is 13.0. The maximum absolute atomic E-state index is 12.6. The van der Waals surface area contributed by atoms with Crippen molar-refractivity contribution < 1.29 is 9.50 Å². The van der Waals surface area contributed by atoms with Crippen molar-refractivity contribution in [3.63, 3.8) is 0 Å². The van der Waals surface area contributed by atoms with E-state index in [0.717, 1.165) is 6.07 Å². The fourth-order valence-electron chi connectivity index (χ4n) is 0.859. The Morgan fingerprint density at radius 2 is 2.09 bits per heavy atom. The van der Waals surface area contributed by atoms with Crippen LogP contribution in [0.2, 0.25) is 0 Å². The summed E-state index contributed by atoms with van der Waals surface area (Å²) >= 11 is 0. The lowest BCUT2D eigenvalue weighted by Gasteiger charge is -2.05. The molecule has 3 heteroatoms. The van der Waals surface area contributed by atoms with Gasteiger partial charge in [-0.15, -0.1) is 0 Å². The minimum absolute atomic E-state index is 0.0858. The lowest BCUT2D eigenvalue weighted by Crippen LogP contribution is -2.04. The Bertz CT molecular complexity index is 240. The van der Waals surface area contributed by atoms with Crippen molar-refractivity contribution in [3.8, 4) is 5.75 Å². The fourth-order valence-corrected chi connectivity index (χ4v) is 0.859. The number of hydrogen-bond acceptors (Lipinski definition) is 2. The fraction of sp³-hybridized carbons (Fsp3) is 0.250. The summed E-state index contributed by atoms with van der Waals surface area (Å²) < 4.78 is 12.6. The van der Waals surface area contributed by atoms with Gasteiger partial charge in [0.15, 0.2) is 0 Å². The molecule has 0 heterocycles. The molecule has 0 aliphatic carbocycles. The first-order valence-corrected chi connectivity index (χ1v) is 3.34. The molecule has 0 aromatic heterocycles. The first-order chi connectivity index (χ1) is 5.09. The number of phenols is 1. The highest BCUT2D eigenvalue weighted by atomic mass is 19.1. The predicted molar refractivity (Wildman–Crippen MR) is 40.7 cm³/mol. The van der Waals surface area contributed by atoms with Gasteiger partial charge in [0.2, 0.25) is 0 Å². The molecule has 0 radical (unpaired) electrons. The Labute approximate surface area is 64.5 Å². The van der Waals surface area contributed by atoms with E-state index in [-0.39, 0.29) is 11.8 Å². The van der Waals surface area contributed by atoms with E-state index in [1.165, 1.54) is 12.1 Å². The van der Waals surface area contributed by atoms with Crippen LogP contribution in [-0.4, -0.2) is 5.11 Å². The number of rotatable bonds is 1. The van der Waals surface area contributed by atoms with Gasteiger partial charge in [-0.05, 0) is 24.6 Å². The van der Waals surface area contributed by atoms with Gasteiger partial charge >= 0.3 is 0 Å². The van der Waals surface area contributed by atoms with E-state index in [4.69, 9.17) is 10.8 Å². The number of nitrogens with two attached hydrogens (primary N) is 1. The molecular weight excluding hydrogens is 145 g/mol. The van der Waals surface area contributed by atoms with E-state index < -0.39 is 5.82 Å². The zero-order valence-electron chi connectivity index (χ0n) is 6.21. The molecule has 0 amide bonds. The average molecular weight is 155 g/mol. The average Bonchev–Trinajstić information content (AvgIpc) is 1.85. The third-order valence-electron chi connectivity index (χ3n) is 1.43. The standard InChI is InChI=1S/C8H10FNO/c1-5(10)6-2-7(9)4-8(11)3-6/h2-5,11H,10H2,1H3/t5-/m0/s1. The molecule has 0 bridgehead atoms. The second kappa shape index (κ2) is 2.88. The summed E-state index contributed by atoms with van der Waals surface area (Å²) in [5.41, 5.74) is 6.07. The molecule has 11 heavy (non-hydrogen) atoms. The Kier molecular flexibility index (Phi) is 2.10. The maximum atomic E-state index is 12.6. The molecular formula is C8H10FNO. The second-order valence-electron chi connectivity index (χ2n) is 2.53. The van der Waals surface area contributed by atoms with Crippen LogP contribution < -0.4 is 5.73 Å². The molecule has 1 atom stereocenters. The topological polar surface area (TPSA) is 46.2 Å². The van der Waals surface area contributed by atoms with Crippen LogP contribution in [0.1, 0.15) is 18.5 Å². The number of hydrogen-bond donors (Lipinski definition) is 2. The van der Waals surface area contributed by atoms with Gasteiger partial charge in [0.05, 0.1) is 0 Å². The van der Waals surface area contributed by atoms with Gasteiger partial charge in [0, 0.05) is 12.1 Å². The summed E-state index contributed by atoms with van der Waals surface area (Å²) in [6.45, 7) is 1.73. The lowest BCUT2D eigenvalue weighted by atomic mass is 10.1. The van der Waals surface area contributed by atoms with Crippen molar-refractivity contribution in [1.29, 1.82) is 0 Å². The van der Waals surface area contributed by atoms with Crippen LogP contribution in [0, 0.1) is 5.82 Å². The molecule has 0 aliphatic heterocycles. The van der Waals surface area contributed by atoms with Crippen LogP contribution in [0.3, 0.4) is 0 Å². The monoisotopic (exact) mass is 155 g/mol. The first kappa shape index (κ1) is 8.01. The van der Waals surface area contributed by atoms with Crippen LogP contribution >= 0.6 is 0 Å². The molecule has 3 N–H and O–H groups in total. The smallest absolute Gasteiger partial charge is 0.127 e. The third kappa shape index (κ3) is 1.91. The second-order valence-corrected chi connectivity index (χ2v) is 2.53. The lowest BCUT2D eigenvalue weighted by molar-refractivity contribution is 0.467. The Hall–Kier alpha value is -1.09. The summed E-state index contributed by atoms with van der Waals surface area (Å²) in [5, 5.41) is 8.95. The highest BCUT2D eigenvalue weighted by Crippen LogP contribution is 2.18. The van der Waals surface area contributed by atoms with Crippen LogP contribution in [0.5, 0.6) is 5.75 Å². The molecule has 0 spiro atoms. The minimum Gasteiger partial charge on any atom is -0.508 e. The van der Waals surface area contributed by atoms with Crippen molar-refractivity contribution in [2.45, 2.75) is 13.0 Å².